The van der Waals surface area contributed by atoms with Crippen molar-refractivity contribution in [1.82, 2.24) is 4.57 Å². The highest BCUT2D eigenvalue weighted by Crippen LogP contribution is 2.20. The normalized spacial score (nSPS) is 11.6. The van der Waals surface area contributed by atoms with Crippen molar-refractivity contribution in [2.45, 2.75) is 33.2 Å². The SMILES string of the molecule is CCCn1c(=NC(=O)c2ccc(C#N)cc2)sc2cc(CC)ccc21. The summed E-state index contributed by atoms with van der Waals surface area (Å²) in [5.74, 6) is -0.281. The van der Waals surface area contributed by atoms with Gasteiger partial charge in [0.25, 0.3) is 5.91 Å². The second-order valence-electron chi connectivity index (χ2n) is 5.80. The topological polar surface area (TPSA) is 58.1 Å². The van der Waals surface area contributed by atoms with Crippen molar-refractivity contribution in [1.29, 1.82) is 5.26 Å². The number of nitrogens with zero attached hydrogens (tertiary/aromatic N) is 3. The molecular formula is C20H19N3OS. The molecule has 0 spiro atoms. The van der Waals surface area contributed by atoms with Gasteiger partial charge in [-0.1, -0.05) is 31.3 Å². The van der Waals surface area contributed by atoms with E-state index >= 15 is 0 Å². The summed E-state index contributed by atoms with van der Waals surface area (Å²) in [6.07, 6.45) is 1.96. The molecule has 0 atom stereocenters. The van der Waals surface area contributed by atoms with Crippen LogP contribution in [0.25, 0.3) is 10.2 Å². The number of fused-ring (bicyclic) bond motifs is 1. The minimum absolute atomic E-state index is 0.281. The van der Waals surface area contributed by atoms with E-state index in [9.17, 15) is 4.79 Å². The molecule has 25 heavy (non-hydrogen) atoms. The lowest BCUT2D eigenvalue weighted by Gasteiger charge is -2.03. The molecule has 0 unspecified atom stereocenters. The molecule has 0 fully saturated rings. The van der Waals surface area contributed by atoms with Gasteiger partial charge >= 0.3 is 0 Å². The number of nitriles is 1. The van der Waals surface area contributed by atoms with Crippen molar-refractivity contribution in [2.24, 2.45) is 4.99 Å². The van der Waals surface area contributed by atoms with Crippen molar-refractivity contribution < 1.29 is 4.79 Å². The molecular weight excluding hydrogens is 330 g/mol. The Bertz CT molecular complexity index is 1020. The van der Waals surface area contributed by atoms with E-state index in [2.05, 4.69) is 47.7 Å². The number of aryl methyl sites for hydroxylation is 2. The Morgan fingerprint density at radius 3 is 2.60 bits per heavy atom. The van der Waals surface area contributed by atoms with Crippen molar-refractivity contribution in [3.8, 4) is 6.07 Å². The smallest absolute Gasteiger partial charge is 0.279 e. The zero-order valence-corrected chi connectivity index (χ0v) is 15.1. The van der Waals surface area contributed by atoms with E-state index in [4.69, 9.17) is 5.26 Å². The Kier molecular flexibility index (Phi) is 5.11. The monoisotopic (exact) mass is 349 g/mol. The summed E-state index contributed by atoms with van der Waals surface area (Å²) < 4.78 is 3.26. The van der Waals surface area contributed by atoms with E-state index in [1.807, 2.05) is 0 Å². The minimum Gasteiger partial charge on any atom is -0.316 e. The predicted molar refractivity (Wildman–Crippen MR) is 101 cm³/mol. The Labute approximate surface area is 150 Å². The van der Waals surface area contributed by atoms with E-state index in [0.29, 0.717) is 11.1 Å². The standard InChI is InChI=1S/C20H19N3OS/c1-3-11-23-17-10-7-14(4-2)12-18(17)25-20(23)22-19(24)16-8-5-15(13-21)6-9-16/h5-10,12H,3-4,11H2,1-2H3. The lowest BCUT2D eigenvalue weighted by molar-refractivity contribution is 0.0998. The first-order valence-corrected chi connectivity index (χ1v) is 9.19. The van der Waals surface area contributed by atoms with Crippen LogP contribution in [0.1, 0.15) is 41.8 Å². The molecule has 3 aromatic rings. The van der Waals surface area contributed by atoms with Crippen LogP contribution in [0.3, 0.4) is 0 Å². The number of hydrogen-bond acceptors (Lipinski definition) is 3. The highest BCUT2D eigenvalue weighted by atomic mass is 32.1. The third-order valence-electron chi connectivity index (χ3n) is 4.06. The van der Waals surface area contributed by atoms with Gasteiger partial charge in [0.15, 0.2) is 4.80 Å². The summed E-state index contributed by atoms with van der Waals surface area (Å²) in [6, 6.07) is 15.1. The number of carbonyl (C=O) groups excluding carboxylic acids is 1. The Balaban J connectivity index is 2.08. The average Bonchev–Trinajstić information content (AvgIpc) is 2.98. The summed E-state index contributed by atoms with van der Waals surface area (Å²) in [4.78, 5) is 17.6. The fourth-order valence-corrected chi connectivity index (χ4v) is 3.82. The van der Waals surface area contributed by atoms with E-state index in [1.54, 1.807) is 35.6 Å². The molecule has 0 radical (unpaired) electrons. The molecule has 3 rings (SSSR count). The van der Waals surface area contributed by atoms with Gasteiger partial charge in [-0.25, -0.2) is 0 Å². The molecule has 0 aliphatic rings. The lowest BCUT2D eigenvalue weighted by atomic mass is 10.1. The van der Waals surface area contributed by atoms with Crippen molar-refractivity contribution in [3.05, 3.63) is 64.0 Å². The van der Waals surface area contributed by atoms with Gasteiger partial charge in [0.05, 0.1) is 21.8 Å². The summed E-state index contributed by atoms with van der Waals surface area (Å²) in [6.45, 7) is 5.07. The zero-order chi connectivity index (χ0) is 17.8. The van der Waals surface area contributed by atoms with Gasteiger partial charge in [0.1, 0.15) is 0 Å². The number of benzene rings is 2. The fraction of sp³-hybridized carbons (Fsp3) is 0.250. The summed E-state index contributed by atoms with van der Waals surface area (Å²) in [5, 5.41) is 8.86. The van der Waals surface area contributed by atoms with Crippen molar-refractivity contribution in [3.63, 3.8) is 0 Å². The maximum atomic E-state index is 12.5. The largest absolute Gasteiger partial charge is 0.316 e. The Morgan fingerprint density at radius 1 is 1.20 bits per heavy atom. The first-order chi connectivity index (χ1) is 12.2. The Hall–Kier alpha value is -2.71. The zero-order valence-electron chi connectivity index (χ0n) is 14.3. The van der Waals surface area contributed by atoms with Crippen LogP contribution >= 0.6 is 11.3 Å². The summed E-state index contributed by atoms with van der Waals surface area (Å²) in [7, 11) is 0. The van der Waals surface area contributed by atoms with Crippen LogP contribution in [0, 0.1) is 11.3 Å². The Morgan fingerprint density at radius 2 is 1.96 bits per heavy atom. The number of amides is 1. The van der Waals surface area contributed by atoms with Crippen molar-refractivity contribution >= 4 is 27.5 Å². The van der Waals surface area contributed by atoms with Crippen LogP contribution in [0.5, 0.6) is 0 Å². The quantitative estimate of drug-likeness (QED) is 0.705. The van der Waals surface area contributed by atoms with Gasteiger partial charge in [-0.2, -0.15) is 10.3 Å². The van der Waals surface area contributed by atoms with Crippen LogP contribution in [-0.4, -0.2) is 10.5 Å². The van der Waals surface area contributed by atoms with E-state index in [-0.39, 0.29) is 5.91 Å². The summed E-state index contributed by atoms with van der Waals surface area (Å²) >= 11 is 1.55. The third-order valence-corrected chi connectivity index (χ3v) is 5.10. The second kappa shape index (κ2) is 7.45. The highest BCUT2D eigenvalue weighted by molar-refractivity contribution is 7.16. The molecule has 1 amide bonds. The minimum atomic E-state index is -0.281. The number of carbonyl (C=O) groups is 1. The molecule has 1 aromatic heterocycles. The van der Waals surface area contributed by atoms with Crippen LogP contribution < -0.4 is 4.80 Å². The van der Waals surface area contributed by atoms with E-state index in [0.717, 1.165) is 34.4 Å². The predicted octanol–water partition coefficient (Wildman–Crippen LogP) is 4.29. The van der Waals surface area contributed by atoms with E-state index < -0.39 is 0 Å². The van der Waals surface area contributed by atoms with Gasteiger partial charge in [0.2, 0.25) is 0 Å². The summed E-state index contributed by atoms with van der Waals surface area (Å²) in [5.41, 5.74) is 3.43. The van der Waals surface area contributed by atoms with Crippen LogP contribution in [0.4, 0.5) is 0 Å². The molecule has 4 nitrogen and oxygen atoms in total. The lowest BCUT2D eigenvalue weighted by Crippen LogP contribution is -2.16. The number of thiazole rings is 1. The molecule has 5 heteroatoms. The molecule has 0 saturated heterocycles. The molecule has 0 bridgehead atoms. The number of rotatable bonds is 4. The third kappa shape index (κ3) is 3.54. The van der Waals surface area contributed by atoms with E-state index in [1.165, 1.54) is 5.56 Å². The molecule has 126 valence electrons. The second-order valence-corrected chi connectivity index (χ2v) is 6.81. The van der Waals surface area contributed by atoms with Gasteiger partial charge < -0.3 is 4.57 Å². The van der Waals surface area contributed by atoms with Crippen LogP contribution in [0.15, 0.2) is 47.5 Å². The molecule has 1 heterocycles. The first-order valence-electron chi connectivity index (χ1n) is 8.37. The first kappa shape index (κ1) is 17.1. The molecule has 0 saturated carbocycles. The van der Waals surface area contributed by atoms with Crippen LogP contribution in [0.2, 0.25) is 0 Å². The van der Waals surface area contributed by atoms with Crippen LogP contribution in [-0.2, 0) is 13.0 Å². The molecule has 2 aromatic carbocycles. The average molecular weight is 349 g/mol. The maximum absolute atomic E-state index is 12.5. The van der Waals surface area contributed by atoms with Gasteiger partial charge in [-0.3, -0.25) is 4.79 Å². The number of hydrogen-bond donors (Lipinski definition) is 0. The molecule has 0 aliphatic carbocycles. The molecule has 0 N–H and O–H groups in total. The maximum Gasteiger partial charge on any atom is 0.279 e. The fourth-order valence-electron chi connectivity index (χ4n) is 2.70. The van der Waals surface area contributed by atoms with Gasteiger partial charge in [-0.05, 0) is 54.8 Å². The highest BCUT2D eigenvalue weighted by Gasteiger charge is 2.09. The van der Waals surface area contributed by atoms with Crippen molar-refractivity contribution in [2.75, 3.05) is 0 Å². The van der Waals surface area contributed by atoms with Gasteiger partial charge in [0, 0.05) is 12.1 Å². The van der Waals surface area contributed by atoms with Gasteiger partial charge in [-0.15, -0.1) is 0 Å². The number of aromatic nitrogens is 1. The molecule has 0 aliphatic heterocycles.